The second kappa shape index (κ2) is 7.25. The molecule has 0 radical (unpaired) electrons. The molecule has 1 aliphatic heterocycles. The lowest BCUT2D eigenvalue weighted by Crippen LogP contribution is -2.46. The Morgan fingerprint density at radius 3 is 2.38 bits per heavy atom. The number of nitrogens with zero attached hydrogens (tertiary/aromatic N) is 1. The maximum Gasteiger partial charge on any atom is 0.327 e. The summed E-state index contributed by atoms with van der Waals surface area (Å²) in [5.74, 6) is 0.933. The molecular formula is C25H37NO3. The standard InChI is InChI=1S/C25H37NO3/c1-15(2)12-24(7,23(4,5)6)21(27)18-9-17(10-18)11-20-19-8-16(3)13-25(19,14-26)22(28)29-20/h12,16-20H,8-11,13H2,1-7H3/t16?,17-,18+,19?,20?,24?,25?. The molecule has 0 aromatic carbocycles. The Morgan fingerprint density at radius 1 is 1.24 bits per heavy atom. The minimum Gasteiger partial charge on any atom is -0.461 e. The molecule has 29 heavy (non-hydrogen) atoms. The van der Waals surface area contributed by atoms with Gasteiger partial charge in [0, 0.05) is 17.3 Å². The number of carbonyl (C=O) groups excluding carboxylic acids is 2. The smallest absolute Gasteiger partial charge is 0.327 e. The van der Waals surface area contributed by atoms with Crippen molar-refractivity contribution >= 4 is 11.8 Å². The highest BCUT2D eigenvalue weighted by Crippen LogP contribution is 2.56. The fourth-order valence-corrected chi connectivity index (χ4v) is 5.96. The predicted molar refractivity (Wildman–Crippen MR) is 113 cm³/mol. The number of hydrogen-bond acceptors (Lipinski definition) is 4. The molecule has 0 aromatic rings. The number of fused-ring (bicyclic) bond motifs is 1. The van der Waals surface area contributed by atoms with E-state index in [4.69, 9.17) is 4.74 Å². The average Bonchev–Trinajstić information content (AvgIpc) is 3.02. The highest BCUT2D eigenvalue weighted by molar-refractivity contribution is 5.90. The van der Waals surface area contributed by atoms with Crippen molar-refractivity contribution in [1.82, 2.24) is 0 Å². The number of hydrogen-bond donors (Lipinski definition) is 0. The molecule has 4 nitrogen and oxygen atoms in total. The summed E-state index contributed by atoms with van der Waals surface area (Å²) < 4.78 is 5.69. The van der Waals surface area contributed by atoms with Gasteiger partial charge in [-0.2, -0.15) is 5.26 Å². The Labute approximate surface area is 176 Å². The number of rotatable bonds is 5. The van der Waals surface area contributed by atoms with E-state index in [1.165, 1.54) is 5.57 Å². The van der Waals surface area contributed by atoms with Crippen LogP contribution in [0.5, 0.6) is 0 Å². The van der Waals surface area contributed by atoms with E-state index >= 15 is 0 Å². The number of ether oxygens (including phenoxy) is 1. The Bertz CT molecular complexity index is 760. The summed E-state index contributed by atoms with van der Waals surface area (Å²) in [5, 5.41) is 9.69. The second-order valence-electron chi connectivity index (χ2n) is 11.5. The van der Waals surface area contributed by atoms with Gasteiger partial charge in [0.15, 0.2) is 5.41 Å². The maximum absolute atomic E-state index is 13.4. The second-order valence-corrected chi connectivity index (χ2v) is 11.5. The highest BCUT2D eigenvalue weighted by Gasteiger charge is 2.62. The Morgan fingerprint density at radius 2 is 1.86 bits per heavy atom. The van der Waals surface area contributed by atoms with E-state index in [-0.39, 0.29) is 29.3 Å². The van der Waals surface area contributed by atoms with Gasteiger partial charge in [0.25, 0.3) is 0 Å². The van der Waals surface area contributed by atoms with E-state index in [2.05, 4.69) is 60.6 Å². The molecule has 5 atom stereocenters. The summed E-state index contributed by atoms with van der Waals surface area (Å²) in [4.78, 5) is 25.9. The zero-order chi connectivity index (χ0) is 21.8. The van der Waals surface area contributed by atoms with E-state index in [1.54, 1.807) is 0 Å². The summed E-state index contributed by atoms with van der Waals surface area (Å²) >= 11 is 0. The molecule has 2 aliphatic carbocycles. The fraction of sp³-hybridized carbons (Fsp3) is 0.800. The van der Waals surface area contributed by atoms with Crippen molar-refractivity contribution in [2.24, 2.45) is 39.9 Å². The Hall–Kier alpha value is -1.63. The molecule has 0 aromatic heterocycles. The minimum atomic E-state index is -0.919. The van der Waals surface area contributed by atoms with Crippen LogP contribution in [0.3, 0.4) is 0 Å². The number of ketones is 1. The molecule has 3 fully saturated rings. The third-order valence-corrected chi connectivity index (χ3v) is 8.05. The molecule has 4 heteroatoms. The van der Waals surface area contributed by atoms with Crippen molar-refractivity contribution < 1.29 is 14.3 Å². The number of allylic oxidation sites excluding steroid dienone is 2. The third kappa shape index (κ3) is 3.56. The van der Waals surface area contributed by atoms with Gasteiger partial charge in [0.2, 0.25) is 0 Å². The normalized spacial score (nSPS) is 38.3. The molecule has 2 saturated carbocycles. The fourth-order valence-electron chi connectivity index (χ4n) is 5.96. The van der Waals surface area contributed by atoms with E-state index in [1.807, 2.05) is 0 Å². The van der Waals surface area contributed by atoms with Crippen LogP contribution in [0.2, 0.25) is 0 Å². The highest BCUT2D eigenvalue weighted by atomic mass is 16.6. The van der Waals surface area contributed by atoms with Crippen LogP contribution in [0.1, 0.15) is 80.6 Å². The van der Waals surface area contributed by atoms with Crippen molar-refractivity contribution in [3.05, 3.63) is 11.6 Å². The number of nitriles is 1. The van der Waals surface area contributed by atoms with Crippen molar-refractivity contribution in [1.29, 1.82) is 5.26 Å². The lowest BCUT2D eigenvalue weighted by Gasteiger charge is -2.45. The number of Topliss-reactive ketones (excluding diaryl/α,β-unsaturated/α-hetero) is 1. The van der Waals surface area contributed by atoms with Crippen LogP contribution in [-0.4, -0.2) is 17.9 Å². The first kappa shape index (κ1) is 22.1. The summed E-state index contributed by atoms with van der Waals surface area (Å²) in [6.45, 7) is 14.7. The van der Waals surface area contributed by atoms with Crippen molar-refractivity contribution in [3.8, 4) is 6.07 Å². The third-order valence-electron chi connectivity index (χ3n) is 8.05. The van der Waals surface area contributed by atoms with Gasteiger partial charge in [-0.3, -0.25) is 9.59 Å². The molecule has 0 bridgehead atoms. The first-order valence-electron chi connectivity index (χ1n) is 11.2. The average molecular weight is 400 g/mol. The van der Waals surface area contributed by atoms with Crippen LogP contribution in [0, 0.1) is 51.2 Å². The van der Waals surface area contributed by atoms with E-state index in [0.29, 0.717) is 24.0 Å². The summed E-state index contributed by atoms with van der Waals surface area (Å²) in [6, 6.07) is 2.31. The van der Waals surface area contributed by atoms with E-state index in [9.17, 15) is 14.9 Å². The lowest BCUT2D eigenvalue weighted by molar-refractivity contribution is -0.149. The largest absolute Gasteiger partial charge is 0.461 e. The maximum atomic E-state index is 13.4. The van der Waals surface area contributed by atoms with Gasteiger partial charge in [0.1, 0.15) is 11.9 Å². The van der Waals surface area contributed by atoms with Gasteiger partial charge in [-0.05, 0) is 70.1 Å². The van der Waals surface area contributed by atoms with Crippen molar-refractivity contribution in [2.75, 3.05) is 0 Å². The molecule has 3 aliphatic rings. The topological polar surface area (TPSA) is 67.2 Å². The monoisotopic (exact) mass is 399 g/mol. The summed E-state index contributed by atoms with van der Waals surface area (Å²) in [5.41, 5.74) is -0.359. The predicted octanol–water partition coefficient (Wildman–Crippen LogP) is 5.47. The van der Waals surface area contributed by atoms with Crippen molar-refractivity contribution in [3.63, 3.8) is 0 Å². The van der Waals surface area contributed by atoms with Gasteiger partial charge < -0.3 is 4.74 Å². The molecule has 160 valence electrons. The SMILES string of the molecule is CC(C)=CC(C)(C(=O)[C@H]1C[C@@H](CC2OC(=O)C3(C#N)CC(C)CC23)C1)C(C)(C)C. The van der Waals surface area contributed by atoms with Crippen LogP contribution in [-0.2, 0) is 14.3 Å². The molecule has 1 heterocycles. The Balaban J connectivity index is 1.65. The quantitative estimate of drug-likeness (QED) is 0.454. The molecule has 5 unspecified atom stereocenters. The lowest BCUT2D eigenvalue weighted by atomic mass is 9.57. The molecule has 1 saturated heterocycles. The number of esters is 1. The van der Waals surface area contributed by atoms with Gasteiger partial charge >= 0.3 is 5.97 Å². The zero-order valence-corrected chi connectivity index (χ0v) is 19.2. The first-order valence-corrected chi connectivity index (χ1v) is 11.2. The summed E-state index contributed by atoms with van der Waals surface area (Å²) in [7, 11) is 0. The van der Waals surface area contributed by atoms with Gasteiger partial charge in [-0.15, -0.1) is 0 Å². The number of carbonyl (C=O) groups is 2. The molecule has 3 rings (SSSR count). The van der Waals surface area contributed by atoms with Gasteiger partial charge in [-0.1, -0.05) is 39.3 Å². The molecular weight excluding hydrogens is 362 g/mol. The van der Waals surface area contributed by atoms with Crippen LogP contribution >= 0.6 is 0 Å². The molecule has 0 N–H and O–H groups in total. The minimum absolute atomic E-state index is 0.0234. The Kier molecular flexibility index (Phi) is 5.52. The molecule has 0 spiro atoms. The van der Waals surface area contributed by atoms with Crippen LogP contribution < -0.4 is 0 Å². The molecule has 0 amide bonds. The first-order chi connectivity index (χ1) is 13.3. The van der Waals surface area contributed by atoms with Crippen molar-refractivity contribution in [2.45, 2.75) is 86.7 Å². The van der Waals surface area contributed by atoms with Crippen LogP contribution in [0.25, 0.3) is 0 Å². The van der Waals surface area contributed by atoms with Gasteiger partial charge in [-0.25, -0.2) is 0 Å². The zero-order valence-electron chi connectivity index (χ0n) is 19.2. The number of cyclic esters (lactones) is 1. The van der Waals surface area contributed by atoms with Crippen LogP contribution in [0.4, 0.5) is 0 Å². The van der Waals surface area contributed by atoms with Crippen LogP contribution in [0.15, 0.2) is 11.6 Å². The van der Waals surface area contributed by atoms with Gasteiger partial charge in [0.05, 0.1) is 6.07 Å². The summed E-state index contributed by atoms with van der Waals surface area (Å²) in [6.07, 6.45) is 6.05. The van der Waals surface area contributed by atoms with E-state index in [0.717, 1.165) is 25.7 Å². The van der Waals surface area contributed by atoms with E-state index < -0.39 is 10.8 Å².